The summed E-state index contributed by atoms with van der Waals surface area (Å²) >= 11 is 4.26. The first-order valence-corrected chi connectivity index (χ1v) is 4.70. The summed E-state index contributed by atoms with van der Waals surface area (Å²) in [5, 5.41) is 0. The first kappa shape index (κ1) is 20.0. The Morgan fingerprint density at radius 3 is 1.43 bits per heavy atom. The van der Waals surface area contributed by atoms with Crippen molar-refractivity contribution in [1.82, 2.24) is 0 Å². The normalized spacial score (nSPS) is 15.0. The van der Waals surface area contributed by atoms with E-state index in [1.165, 1.54) is 0 Å². The van der Waals surface area contributed by atoms with E-state index in [0.717, 1.165) is 0 Å². The predicted molar refractivity (Wildman–Crippen MR) is 43.0 cm³/mol. The lowest BCUT2D eigenvalue weighted by Gasteiger charge is -2.36. The molecule has 0 fully saturated rings. The van der Waals surface area contributed by atoms with Gasteiger partial charge in [0.15, 0.2) is 6.61 Å². The third-order valence-electron chi connectivity index (χ3n) is 1.97. The Hall–Kier alpha value is -1.01. The number of carbonyl (C=O) groups excluding carboxylic acids is 1. The van der Waals surface area contributed by atoms with Gasteiger partial charge in [0.1, 0.15) is 0 Å². The highest BCUT2D eigenvalue weighted by molar-refractivity contribution is 6.61. The van der Waals surface area contributed by atoms with Crippen LogP contribution in [0.4, 0.5) is 53.1 Å². The Labute approximate surface area is 112 Å². The van der Waals surface area contributed by atoms with Crippen molar-refractivity contribution < 1.29 is 57.8 Å². The highest BCUT2D eigenvalue weighted by Crippen LogP contribution is 2.57. The van der Waals surface area contributed by atoms with Crippen LogP contribution in [-0.2, 0) is 4.74 Å². The maximum atomic E-state index is 12.7. The van der Waals surface area contributed by atoms with Crippen LogP contribution in [0.3, 0.4) is 0 Å². The lowest BCUT2D eigenvalue weighted by Crippen LogP contribution is -2.67. The highest BCUT2D eigenvalue weighted by Gasteiger charge is 2.87. The van der Waals surface area contributed by atoms with Crippen LogP contribution >= 0.6 is 11.6 Å². The van der Waals surface area contributed by atoms with E-state index < -0.39 is 41.9 Å². The topological polar surface area (TPSA) is 26.3 Å². The van der Waals surface area contributed by atoms with Gasteiger partial charge in [-0.3, -0.25) is 0 Å². The number of hydrogen-bond donors (Lipinski definition) is 0. The van der Waals surface area contributed by atoms with Crippen LogP contribution < -0.4 is 0 Å². The second-order valence-electron chi connectivity index (χ2n) is 3.45. The number of halogens is 12. The van der Waals surface area contributed by atoms with Gasteiger partial charge in [-0.15, -0.1) is 0 Å². The van der Waals surface area contributed by atoms with E-state index in [2.05, 4.69) is 16.3 Å². The fourth-order valence-electron chi connectivity index (χ4n) is 0.843. The molecule has 0 bridgehead atoms. The largest absolute Gasteiger partial charge is 0.460 e. The Balaban J connectivity index is 5.71. The van der Waals surface area contributed by atoms with Gasteiger partial charge >= 0.3 is 35.3 Å². The summed E-state index contributed by atoms with van der Waals surface area (Å²) < 4.78 is 139. The predicted octanol–water partition coefficient (Wildman–Crippen LogP) is 4.47. The molecule has 0 aliphatic rings. The Morgan fingerprint density at radius 1 is 0.762 bits per heavy atom. The van der Waals surface area contributed by atoms with Crippen LogP contribution in [0.1, 0.15) is 0 Å². The van der Waals surface area contributed by atoms with Crippen LogP contribution in [0.5, 0.6) is 0 Å². The van der Waals surface area contributed by atoms with E-state index in [4.69, 9.17) is 0 Å². The third-order valence-corrected chi connectivity index (χ3v) is 2.08. The first-order valence-electron chi connectivity index (χ1n) is 4.32. The van der Waals surface area contributed by atoms with Crippen LogP contribution in [0.25, 0.3) is 0 Å². The Bertz CT molecular complexity index is 402. The van der Waals surface area contributed by atoms with Crippen molar-refractivity contribution in [2.75, 3.05) is 6.61 Å². The van der Waals surface area contributed by atoms with Gasteiger partial charge in [-0.1, -0.05) is 0 Å². The fraction of sp³-hybridized carbons (Fsp3) is 0.857. The lowest BCUT2D eigenvalue weighted by molar-refractivity contribution is -0.423. The monoisotopic (exact) mass is 362 g/mol. The molecule has 0 aromatic heterocycles. The van der Waals surface area contributed by atoms with Crippen LogP contribution in [-0.4, -0.2) is 41.9 Å². The van der Waals surface area contributed by atoms with Crippen LogP contribution in [0.15, 0.2) is 0 Å². The van der Waals surface area contributed by atoms with Crippen molar-refractivity contribution in [3.05, 3.63) is 0 Å². The second-order valence-corrected chi connectivity index (χ2v) is 3.76. The van der Waals surface area contributed by atoms with E-state index in [1.807, 2.05) is 0 Å². The van der Waals surface area contributed by atoms with E-state index in [1.54, 1.807) is 0 Å². The zero-order chi connectivity index (χ0) is 17.5. The number of carbonyl (C=O) groups is 1. The third kappa shape index (κ3) is 3.26. The number of hydrogen-bond acceptors (Lipinski definition) is 2. The van der Waals surface area contributed by atoms with Gasteiger partial charge in [0.25, 0.3) is 0 Å². The van der Waals surface area contributed by atoms with Gasteiger partial charge in [0.2, 0.25) is 0 Å². The summed E-state index contributed by atoms with van der Waals surface area (Å²) in [6, 6.07) is 0. The minimum atomic E-state index is -7.53. The molecule has 0 saturated carbocycles. The number of ether oxygens (including phenoxy) is 1. The van der Waals surface area contributed by atoms with Gasteiger partial charge < -0.3 is 4.74 Å². The van der Waals surface area contributed by atoms with E-state index in [-0.39, 0.29) is 0 Å². The zero-order valence-corrected chi connectivity index (χ0v) is 9.82. The SMILES string of the molecule is O=C(Cl)OCC(F)(F)C(F)(F)C(F)(F)C(F)(F)C(F)(F)F. The van der Waals surface area contributed by atoms with Crippen molar-refractivity contribution >= 4 is 17.0 Å². The highest BCUT2D eigenvalue weighted by atomic mass is 35.5. The number of rotatable bonds is 5. The van der Waals surface area contributed by atoms with E-state index in [9.17, 15) is 53.1 Å². The van der Waals surface area contributed by atoms with Crippen molar-refractivity contribution in [2.24, 2.45) is 0 Å². The molecule has 0 N–H and O–H groups in total. The molecule has 0 unspecified atom stereocenters. The quantitative estimate of drug-likeness (QED) is 0.533. The van der Waals surface area contributed by atoms with Gasteiger partial charge in [0.05, 0.1) is 0 Å². The molecule has 21 heavy (non-hydrogen) atoms. The van der Waals surface area contributed by atoms with E-state index in [0.29, 0.717) is 0 Å². The molecule has 126 valence electrons. The fourth-order valence-corrected chi connectivity index (χ4v) is 0.897. The summed E-state index contributed by atoms with van der Waals surface area (Å²) in [5.74, 6) is -28.5. The zero-order valence-electron chi connectivity index (χ0n) is 9.06. The van der Waals surface area contributed by atoms with Crippen molar-refractivity contribution in [2.45, 2.75) is 29.9 Å². The molecule has 0 amide bonds. The standard InChI is InChI=1S/C7H2ClF11O2/c8-2(20)21-1-3(9,10)4(11,12)5(13,14)6(15,16)7(17,18)19/h1H2. The molecule has 14 heteroatoms. The minimum absolute atomic E-state index is 2.20. The van der Waals surface area contributed by atoms with Crippen LogP contribution in [0, 0.1) is 0 Å². The summed E-state index contributed by atoms with van der Waals surface area (Å²) in [6.07, 6.45) is -7.24. The molecule has 0 aromatic rings. The molecule has 0 atom stereocenters. The minimum Gasteiger partial charge on any atom is -0.447 e. The average molecular weight is 363 g/mol. The molecule has 0 radical (unpaired) electrons. The summed E-state index contributed by atoms with van der Waals surface area (Å²) in [6.45, 7) is -2.94. The molecule has 0 rings (SSSR count). The molecular formula is C7H2ClF11O2. The molecular weight excluding hydrogens is 361 g/mol. The molecule has 0 aliphatic heterocycles. The van der Waals surface area contributed by atoms with Gasteiger partial charge in [-0.25, -0.2) is 4.79 Å². The second kappa shape index (κ2) is 5.32. The average Bonchev–Trinajstić information content (AvgIpc) is 2.24. The Kier molecular flexibility index (Phi) is 5.06. The molecule has 0 spiro atoms. The maximum absolute atomic E-state index is 12.7. The van der Waals surface area contributed by atoms with Crippen LogP contribution in [0.2, 0.25) is 0 Å². The van der Waals surface area contributed by atoms with Crippen molar-refractivity contribution in [3.8, 4) is 0 Å². The first-order chi connectivity index (χ1) is 8.92. The lowest BCUT2D eigenvalue weighted by atomic mass is 9.98. The maximum Gasteiger partial charge on any atom is 0.460 e. The smallest absolute Gasteiger partial charge is 0.447 e. The van der Waals surface area contributed by atoms with Gasteiger partial charge in [0, 0.05) is 11.6 Å². The summed E-state index contributed by atoms with van der Waals surface area (Å²) in [4.78, 5) is 9.87. The molecule has 0 saturated heterocycles. The summed E-state index contributed by atoms with van der Waals surface area (Å²) in [5.41, 5.74) is -2.20. The van der Waals surface area contributed by atoms with Crippen molar-refractivity contribution in [3.63, 3.8) is 0 Å². The molecule has 0 aliphatic carbocycles. The molecule has 0 heterocycles. The molecule has 0 aromatic carbocycles. The summed E-state index contributed by atoms with van der Waals surface area (Å²) in [7, 11) is 0. The van der Waals surface area contributed by atoms with E-state index >= 15 is 0 Å². The van der Waals surface area contributed by atoms with Gasteiger partial charge in [-0.05, 0) is 0 Å². The Morgan fingerprint density at radius 2 is 1.14 bits per heavy atom. The molecule has 2 nitrogen and oxygen atoms in total. The number of alkyl halides is 11. The van der Waals surface area contributed by atoms with Crippen molar-refractivity contribution in [1.29, 1.82) is 0 Å². The van der Waals surface area contributed by atoms with Gasteiger partial charge in [-0.2, -0.15) is 48.3 Å².